The van der Waals surface area contributed by atoms with E-state index in [1.807, 2.05) is 56.3 Å². The maximum Gasteiger partial charge on any atom is 0.214 e. The van der Waals surface area contributed by atoms with E-state index in [1.165, 1.54) is 0 Å². The van der Waals surface area contributed by atoms with Crippen LogP contribution in [0.3, 0.4) is 0 Å². The Balaban J connectivity index is 2.07. The van der Waals surface area contributed by atoms with Gasteiger partial charge in [0.05, 0.1) is 21.4 Å². The second-order valence-corrected chi connectivity index (χ2v) is 5.96. The number of aliphatic imine (C=N–C) groups is 1. The Labute approximate surface area is 151 Å². The van der Waals surface area contributed by atoms with Gasteiger partial charge in [-0.1, -0.05) is 53.5 Å². The van der Waals surface area contributed by atoms with Crippen molar-refractivity contribution in [1.82, 2.24) is 5.43 Å². The quantitative estimate of drug-likeness (QED) is 0.457. The topological polar surface area (TPSA) is 62.8 Å². The number of rotatable bonds is 4. The zero-order valence-electron chi connectivity index (χ0n) is 13.4. The number of allylic oxidation sites excluding steroid dienone is 1. The van der Waals surface area contributed by atoms with Crippen LogP contribution in [0.2, 0.25) is 10.0 Å². The van der Waals surface area contributed by atoms with E-state index < -0.39 is 0 Å². The second kappa shape index (κ2) is 8.52. The Hall–Kier alpha value is -2.30. The minimum atomic E-state index is 0.225. The molecule has 0 unspecified atom stereocenters. The third kappa shape index (κ3) is 5.41. The number of hydrazone groups is 1. The molecular formula is C18H18Cl2N4. The third-order valence-electron chi connectivity index (χ3n) is 3.24. The molecule has 24 heavy (non-hydrogen) atoms. The van der Waals surface area contributed by atoms with Crippen molar-refractivity contribution in [2.45, 2.75) is 13.8 Å². The standard InChI is InChI=1S/C18H18Cl2N4/c1-12(10-14-8-9-16(19)17(20)11-14)13(2)23-24-18(21)22-15-6-4-3-5-7-15/h3-11H,1-2H3,(H3,21,22,24)/b12-10+,23-13+. The van der Waals surface area contributed by atoms with Crippen LogP contribution in [-0.4, -0.2) is 11.7 Å². The van der Waals surface area contributed by atoms with Gasteiger partial charge in [0.1, 0.15) is 0 Å². The zero-order valence-corrected chi connectivity index (χ0v) is 14.9. The summed E-state index contributed by atoms with van der Waals surface area (Å²) in [7, 11) is 0. The van der Waals surface area contributed by atoms with Crippen LogP contribution in [0.1, 0.15) is 19.4 Å². The first-order valence-corrected chi connectivity index (χ1v) is 8.04. The van der Waals surface area contributed by atoms with Crippen molar-refractivity contribution in [3.8, 4) is 0 Å². The fourth-order valence-electron chi connectivity index (χ4n) is 1.85. The van der Waals surface area contributed by atoms with Crippen LogP contribution in [0.5, 0.6) is 0 Å². The van der Waals surface area contributed by atoms with Gasteiger partial charge in [-0.25, -0.2) is 10.4 Å². The highest BCUT2D eigenvalue weighted by Crippen LogP contribution is 2.23. The van der Waals surface area contributed by atoms with Crippen molar-refractivity contribution < 1.29 is 0 Å². The van der Waals surface area contributed by atoms with Gasteiger partial charge < -0.3 is 5.73 Å². The summed E-state index contributed by atoms with van der Waals surface area (Å²) in [6.07, 6.45) is 1.97. The molecule has 2 aromatic rings. The lowest BCUT2D eigenvalue weighted by atomic mass is 10.1. The number of guanidine groups is 1. The van der Waals surface area contributed by atoms with Crippen LogP contribution in [0.4, 0.5) is 5.69 Å². The van der Waals surface area contributed by atoms with Gasteiger partial charge in [0.2, 0.25) is 5.96 Å². The summed E-state index contributed by atoms with van der Waals surface area (Å²) in [5.74, 6) is 0.225. The Morgan fingerprint density at radius 1 is 1.04 bits per heavy atom. The molecule has 4 nitrogen and oxygen atoms in total. The van der Waals surface area contributed by atoms with Gasteiger partial charge in [-0.2, -0.15) is 5.10 Å². The van der Waals surface area contributed by atoms with E-state index in [0.717, 1.165) is 22.5 Å². The molecule has 0 fully saturated rings. The molecule has 0 heterocycles. The molecule has 0 bridgehead atoms. The van der Waals surface area contributed by atoms with Crippen LogP contribution in [0.15, 0.2) is 64.2 Å². The Bertz CT molecular complexity index is 796. The molecule has 0 radical (unpaired) electrons. The van der Waals surface area contributed by atoms with Gasteiger partial charge >= 0.3 is 0 Å². The number of benzene rings is 2. The van der Waals surface area contributed by atoms with Crippen molar-refractivity contribution in [1.29, 1.82) is 0 Å². The summed E-state index contributed by atoms with van der Waals surface area (Å²) in [6, 6.07) is 14.9. The van der Waals surface area contributed by atoms with E-state index in [-0.39, 0.29) is 5.96 Å². The van der Waals surface area contributed by atoms with Crippen LogP contribution in [0.25, 0.3) is 6.08 Å². The second-order valence-electron chi connectivity index (χ2n) is 5.14. The van der Waals surface area contributed by atoms with Gasteiger partial charge in [-0.3, -0.25) is 0 Å². The number of hydrogen-bond donors (Lipinski definition) is 2. The summed E-state index contributed by atoms with van der Waals surface area (Å²) in [4.78, 5) is 4.22. The van der Waals surface area contributed by atoms with Gasteiger partial charge in [-0.05, 0) is 49.2 Å². The van der Waals surface area contributed by atoms with Gasteiger partial charge in [-0.15, -0.1) is 0 Å². The van der Waals surface area contributed by atoms with Crippen LogP contribution in [-0.2, 0) is 0 Å². The predicted octanol–water partition coefficient (Wildman–Crippen LogP) is 5.01. The smallest absolute Gasteiger partial charge is 0.214 e. The fraction of sp³-hybridized carbons (Fsp3) is 0.111. The van der Waals surface area contributed by atoms with Crippen LogP contribution in [0, 0.1) is 0 Å². The molecule has 0 aliphatic rings. The molecule has 0 spiro atoms. The lowest BCUT2D eigenvalue weighted by Gasteiger charge is -2.04. The number of nitrogens with two attached hydrogens (primary N) is 1. The number of nitrogens with zero attached hydrogens (tertiary/aromatic N) is 2. The molecule has 2 rings (SSSR count). The first-order valence-electron chi connectivity index (χ1n) is 7.29. The first kappa shape index (κ1) is 18.0. The molecule has 0 aliphatic carbocycles. The molecule has 0 amide bonds. The van der Waals surface area contributed by atoms with E-state index in [4.69, 9.17) is 28.9 Å². The molecule has 0 atom stereocenters. The average Bonchev–Trinajstić information content (AvgIpc) is 2.57. The summed E-state index contributed by atoms with van der Waals surface area (Å²) in [6.45, 7) is 3.83. The molecule has 3 N–H and O–H groups in total. The van der Waals surface area contributed by atoms with Crippen molar-refractivity contribution >= 4 is 46.6 Å². The van der Waals surface area contributed by atoms with Crippen LogP contribution >= 0.6 is 23.2 Å². The highest BCUT2D eigenvalue weighted by molar-refractivity contribution is 6.42. The van der Waals surface area contributed by atoms with Crippen molar-refractivity contribution in [3.63, 3.8) is 0 Å². The highest BCUT2D eigenvalue weighted by Gasteiger charge is 2.00. The lowest BCUT2D eigenvalue weighted by molar-refractivity contribution is 1.00. The van der Waals surface area contributed by atoms with Gasteiger partial charge in [0.25, 0.3) is 0 Å². The van der Waals surface area contributed by atoms with Crippen LogP contribution < -0.4 is 11.2 Å². The van der Waals surface area contributed by atoms with E-state index in [2.05, 4.69) is 15.5 Å². The molecule has 124 valence electrons. The zero-order chi connectivity index (χ0) is 17.5. The van der Waals surface area contributed by atoms with E-state index >= 15 is 0 Å². The first-order chi connectivity index (χ1) is 11.5. The van der Waals surface area contributed by atoms with E-state index in [0.29, 0.717) is 10.0 Å². The Morgan fingerprint density at radius 3 is 2.42 bits per heavy atom. The SMILES string of the molecule is CC(=C\c1ccc(Cl)c(Cl)c1)/C(C)=N/NC(N)=Nc1ccccc1. The molecule has 0 aliphatic heterocycles. The maximum absolute atomic E-state index is 6.02. The monoisotopic (exact) mass is 360 g/mol. The fourth-order valence-corrected chi connectivity index (χ4v) is 2.16. The maximum atomic E-state index is 6.02. The molecule has 6 heteroatoms. The average molecular weight is 361 g/mol. The van der Waals surface area contributed by atoms with E-state index in [9.17, 15) is 0 Å². The number of nitrogens with one attached hydrogen (secondary N) is 1. The molecule has 0 saturated carbocycles. The Kier molecular flexibility index (Phi) is 6.41. The minimum Gasteiger partial charge on any atom is -0.368 e. The summed E-state index contributed by atoms with van der Waals surface area (Å²) >= 11 is 11.9. The van der Waals surface area contributed by atoms with Crippen molar-refractivity contribution in [2.24, 2.45) is 15.8 Å². The number of hydrogen-bond acceptors (Lipinski definition) is 2. The van der Waals surface area contributed by atoms with Crippen molar-refractivity contribution in [3.05, 3.63) is 69.7 Å². The highest BCUT2D eigenvalue weighted by atomic mass is 35.5. The largest absolute Gasteiger partial charge is 0.368 e. The third-order valence-corrected chi connectivity index (χ3v) is 3.98. The molecule has 0 saturated heterocycles. The normalized spacial score (nSPS) is 13.1. The van der Waals surface area contributed by atoms with E-state index in [1.54, 1.807) is 12.1 Å². The Morgan fingerprint density at radius 2 is 1.75 bits per heavy atom. The van der Waals surface area contributed by atoms with Gasteiger partial charge in [0, 0.05) is 0 Å². The van der Waals surface area contributed by atoms with Gasteiger partial charge in [0.15, 0.2) is 0 Å². The van der Waals surface area contributed by atoms with Crippen molar-refractivity contribution in [2.75, 3.05) is 0 Å². The predicted molar refractivity (Wildman–Crippen MR) is 104 cm³/mol. The summed E-state index contributed by atoms with van der Waals surface area (Å²) in [5.41, 5.74) is 12.0. The lowest BCUT2D eigenvalue weighted by Crippen LogP contribution is -2.27. The summed E-state index contributed by atoms with van der Waals surface area (Å²) in [5, 5.41) is 5.29. The molecular weight excluding hydrogens is 343 g/mol. The molecule has 0 aromatic heterocycles. The molecule has 2 aromatic carbocycles. The number of halogens is 2. The minimum absolute atomic E-state index is 0.225. The summed E-state index contributed by atoms with van der Waals surface area (Å²) < 4.78 is 0. The number of para-hydroxylation sites is 1.